The van der Waals surface area contributed by atoms with Gasteiger partial charge in [-0.05, 0) is 45.9 Å². The second-order valence-corrected chi connectivity index (χ2v) is 6.48. The van der Waals surface area contributed by atoms with E-state index in [2.05, 4.69) is 21.2 Å². The van der Waals surface area contributed by atoms with Gasteiger partial charge in [0.15, 0.2) is 6.61 Å². The number of hydrogen-bond acceptors (Lipinski definition) is 4. The largest absolute Gasteiger partial charge is 0.484 e. The molecule has 21 heavy (non-hydrogen) atoms. The first-order valence-corrected chi connectivity index (χ1v) is 7.37. The average Bonchev–Trinajstić information content (AvgIpc) is 2.34. The maximum absolute atomic E-state index is 11.7. The van der Waals surface area contributed by atoms with Gasteiger partial charge in [-0.2, -0.15) is 0 Å². The monoisotopic (exact) mass is 357 g/mol. The lowest BCUT2D eigenvalue weighted by Crippen LogP contribution is -2.43. The Morgan fingerprint density at radius 3 is 2.57 bits per heavy atom. The Kier molecular flexibility index (Phi) is 6.20. The molecule has 0 heterocycles. The molecule has 0 spiro atoms. The topological polar surface area (TPSA) is 64.6 Å². The Morgan fingerprint density at radius 2 is 2.00 bits per heavy atom. The molecular weight excluding hydrogens is 338 g/mol. The van der Waals surface area contributed by atoms with E-state index in [-0.39, 0.29) is 12.5 Å². The molecule has 5 nitrogen and oxygen atoms in total. The zero-order valence-corrected chi connectivity index (χ0v) is 14.2. The third-order valence-electron chi connectivity index (χ3n) is 2.30. The highest BCUT2D eigenvalue weighted by Gasteiger charge is 2.22. The number of hydrogen-bond donors (Lipinski definition) is 1. The minimum absolute atomic E-state index is 0.163. The molecule has 0 aliphatic rings. The van der Waals surface area contributed by atoms with E-state index >= 15 is 0 Å². The van der Waals surface area contributed by atoms with Gasteiger partial charge in [-0.3, -0.25) is 4.79 Å². The molecule has 0 bridgehead atoms. The van der Waals surface area contributed by atoms with Gasteiger partial charge in [-0.1, -0.05) is 22.0 Å². The quantitative estimate of drug-likeness (QED) is 0.822. The predicted octanol–water partition coefficient (Wildman–Crippen LogP) is 2.67. The van der Waals surface area contributed by atoms with Crippen molar-refractivity contribution in [3.05, 3.63) is 28.7 Å². The Balaban J connectivity index is 2.41. The van der Waals surface area contributed by atoms with Gasteiger partial charge in [0.25, 0.3) is 5.91 Å². The summed E-state index contributed by atoms with van der Waals surface area (Å²) in [6, 6.07) is 6.45. The van der Waals surface area contributed by atoms with Crippen LogP contribution in [0.2, 0.25) is 0 Å². The second-order valence-electron chi connectivity index (χ2n) is 5.57. The Morgan fingerprint density at radius 1 is 1.33 bits per heavy atom. The fourth-order valence-electron chi connectivity index (χ4n) is 1.44. The first kappa shape index (κ1) is 17.5. The number of esters is 1. The maximum Gasteiger partial charge on any atom is 0.328 e. The van der Waals surface area contributed by atoms with Gasteiger partial charge in [0.2, 0.25) is 0 Å². The van der Waals surface area contributed by atoms with Crippen LogP contribution < -0.4 is 10.1 Å². The number of carbonyl (C=O) groups is 2. The molecule has 0 saturated carbocycles. The van der Waals surface area contributed by atoms with Crippen LogP contribution in [0.5, 0.6) is 5.75 Å². The number of nitrogens with one attached hydrogen (secondary N) is 1. The predicted molar refractivity (Wildman–Crippen MR) is 83.1 cm³/mol. The summed E-state index contributed by atoms with van der Waals surface area (Å²) in [4.78, 5) is 23.5. The Labute approximate surface area is 133 Å². The van der Waals surface area contributed by atoms with Crippen LogP contribution in [0.1, 0.15) is 27.7 Å². The molecule has 0 aliphatic carbocycles. The van der Waals surface area contributed by atoms with E-state index in [1.807, 2.05) is 6.07 Å². The normalized spacial score (nSPS) is 12.4. The van der Waals surface area contributed by atoms with Crippen molar-refractivity contribution in [2.45, 2.75) is 39.3 Å². The van der Waals surface area contributed by atoms with Crippen molar-refractivity contribution in [2.75, 3.05) is 6.61 Å². The van der Waals surface area contributed by atoms with Crippen LogP contribution in [0, 0.1) is 0 Å². The van der Waals surface area contributed by atoms with Gasteiger partial charge in [0, 0.05) is 4.47 Å². The van der Waals surface area contributed by atoms with Crippen molar-refractivity contribution in [3.8, 4) is 5.75 Å². The lowest BCUT2D eigenvalue weighted by Gasteiger charge is -2.22. The van der Waals surface area contributed by atoms with Crippen LogP contribution in [0.25, 0.3) is 0 Å². The number of ether oxygens (including phenoxy) is 2. The summed E-state index contributed by atoms with van der Waals surface area (Å²) in [6.07, 6.45) is 0. The van der Waals surface area contributed by atoms with Crippen molar-refractivity contribution < 1.29 is 19.1 Å². The van der Waals surface area contributed by atoms with Gasteiger partial charge in [-0.25, -0.2) is 4.79 Å². The van der Waals surface area contributed by atoms with Crippen molar-refractivity contribution in [1.29, 1.82) is 0 Å². The summed E-state index contributed by atoms with van der Waals surface area (Å²) in [7, 11) is 0. The summed E-state index contributed by atoms with van der Waals surface area (Å²) < 4.78 is 11.4. The van der Waals surface area contributed by atoms with Crippen molar-refractivity contribution in [1.82, 2.24) is 5.32 Å². The fourth-order valence-corrected chi connectivity index (χ4v) is 1.82. The van der Waals surface area contributed by atoms with Gasteiger partial charge in [0.1, 0.15) is 17.4 Å². The van der Waals surface area contributed by atoms with Crippen LogP contribution >= 0.6 is 15.9 Å². The second kappa shape index (κ2) is 7.45. The van der Waals surface area contributed by atoms with E-state index in [1.165, 1.54) is 0 Å². The maximum atomic E-state index is 11.7. The first-order valence-electron chi connectivity index (χ1n) is 6.58. The fraction of sp³-hybridized carbons (Fsp3) is 0.467. The summed E-state index contributed by atoms with van der Waals surface area (Å²) in [5.41, 5.74) is -0.580. The summed E-state index contributed by atoms with van der Waals surface area (Å²) in [6.45, 7) is 6.73. The molecule has 0 saturated heterocycles. The highest BCUT2D eigenvalue weighted by atomic mass is 79.9. The molecule has 0 aromatic heterocycles. The van der Waals surface area contributed by atoms with Gasteiger partial charge in [-0.15, -0.1) is 0 Å². The number of rotatable bonds is 5. The average molecular weight is 358 g/mol. The Hall–Kier alpha value is -1.56. The van der Waals surface area contributed by atoms with Crippen LogP contribution in [-0.2, 0) is 14.3 Å². The molecule has 0 fully saturated rings. The smallest absolute Gasteiger partial charge is 0.328 e. The van der Waals surface area contributed by atoms with Crippen molar-refractivity contribution in [2.24, 2.45) is 0 Å². The zero-order valence-electron chi connectivity index (χ0n) is 12.6. The molecule has 6 heteroatoms. The minimum atomic E-state index is -0.720. The number of amides is 1. The summed E-state index contributed by atoms with van der Waals surface area (Å²) in [5.74, 6) is -0.281. The van der Waals surface area contributed by atoms with Gasteiger partial charge < -0.3 is 14.8 Å². The van der Waals surface area contributed by atoms with Crippen LogP contribution in [0.3, 0.4) is 0 Å². The van der Waals surface area contributed by atoms with Crippen molar-refractivity contribution in [3.63, 3.8) is 0 Å². The molecule has 1 N–H and O–H groups in total. The summed E-state index contributed by atoms with van der Waals surface area (Å²) >= 11 is 3.31. The molecule has 0 radical (unpaired) electrons. The van der Waals surface area contributed by atoms with Crippen LogP contribution in [0.4, 0.5) is 0 Å². The third kappa shape index (κ3) is 7.13. The molecule has 116 valence electrons. The van der Waals surface area contributed by atoms with Crippen LogP contribution in [-0.4, -0.2) is 30.1 Å². The lowest BCUT2D eigenvalue weighted by molar-refractivity contribution is -0.158. The van der Waals surface area contributed by atoms with E-state index in [1.54, 1.807) is 45.9 Å². The van der Waals surface area contributed by atoms with E-state index in [0.29, 0.717) is 5.75 Å². The van der Waals surface area contributed by atoms with E-state index < -0.39 is 17.6 Å². The number of halogens is 1. The highest BCUT2D eigenvalue weighted by molar-refractivity contribution is 9.10. The zero-order chi connectivity index (χ0) is 16.0. The molecule has 1 atom stereocenters. The Bertz CT molecular complexity index is 511. The minimum Gasteiger partial charge on any atom is -0.484 e. The third-order valence-corrected chi connectivity index (χ3v) is 2.80. The number of benzene rings is 1. The highest BCUT2D eigenvalue weighted by Crippen LogP contribution is 2.17. The SMILES string of the molecule is C[C@@H](NC(=O)COc1cccc(Br)c1)C(=O)OC(C)(C)C. The molecule has 1 amide bonds. The molecule has 1 rings (SSSR count). The standard InChI is InChI=1S/C15H20BrNO4/c1-10(14(19)21-15(2,3)4)17-13(18)9-20-12-7-5-6-11(16)8-12/h5-8,10H,9H2,1-4H3,(H,17,18)/t10-/m1/s1. The molecule has 1 aromatic carbocycles. The summed E-state index contributed by atoms with van der Waals surface area (Å²) in [5, 5.41) is 2.54. The lowest BCUT2D eigenvalue weighted by atomic mass is 10.2. The number of carbonyl (C=O) groups excluding carboxylic acids is 2. The molecule has 0 unspecified atom stereocenters. The van der Waals surface area contributed by atoms with E-state index in [9.17, 15) is 9.59 Å². The van der Waals surface area contributed by atoms with Gasteiger partial charge in [0.05, 0.1) is 0 Å². The molecular formula is C15H20BrNO4. The van der Waals surface area contributed by atoms with Crippen LogP contribution in [0.15, 0.2) is 28.7 Å². The van der Waals surface area contributed by atoms with E-state index in [0.717, 1.165) is 4.47 Å². The first-order chi connectivity index (χ1) is 9.67. The molecule has 1 aromatic rings. The molecule has 0 aliphatic heterocycles. The van der Waals surface area contributed by atoms with Gasteiger partial charge >= 0.3 is 5.97 Å². The van der Waals surface area contributed by atoms with E-state index in [4.69, 9.17) is 9.47 Å². The van der Waals surface area contributed by atoms with Crippen molar-refractivity contribution >= 4 is 27.8 Å².